The van der Waals surface area contributed by atoms with E-state index >= 15 is 0 Å². The minimum atomic E-state index is -0.00166. The zero-order valence-corrected chi connectivity index (χ0v) is 10.4. The van der Waals surface area contributed by atoms with E-state index in [0.717, 1.165) is 0 Å². The number of para-hydroxylation sites is 1. The smallest absolute Gasteiger partial charge is 0.220 e. The highest BCUT2D eigenvalue weighted by atomic mass is 35.5. The van der Waals surface area contributed by atoms with Gasteiger partial charge in [-0.3, -0.25) is 4.79 Å². The molecule has 0 aliphatic heterocycles. The molecule has 1 aromatic carbocycles. The fourth-order valence-corrected chi connectivity index (χ4v) is 1.47. The molecule has 0 aromatic heterocycles. The second-order valence-corrected chi connectivity index (χ2v) is 3.93. The Labute approximate surface area is 106 Å². The van der Waals surface area contributed by atoms with Gasteiger partial charge in [-0.2, -0.15) is 0 Å². The molecular weight excluding hydrogens is 240 g/mol. The number of hydrogen-bond donors (Lipinski definition) is 2. The van der Waals surface area contributed by atoms with Gasteiger partial charge in [0.1, 0.15) is 5.75 Å². The van der Waals surface area contributed by atoms with E-state index in [1.165, 1.54) is 0 Å². The maximum Gasteiger partial charge on any atom is 0.220 e. The minimum absolute atomic E-state index is 0.00166. The summed E-state index contributed by atoms with van der Waals surface area (Å²) < 4.78 is 5.46. The first kappa shape index (κ1) is 13.8. The molecule has 94 valence electrons. The molecule has 17 heavy (non-hydrogen) atoms. The summed E-state index contributed by atoms with van der Waals surface area (Å²) in [6.07, 6.45) is 1.09. The average molecular weight is 257 g/mol. The maximum absolute atomic E-state index is 11.2. The quantitative estimate of drug-likeness (QED) is 0.728. The largest absolute Gasteiger partial charge is 0.492 e. The van der Waals surface area contributed by atoms with Crippen molar-refractivity contribution < 1.29 is 9.53 Å². The van der Waals surface area contributed by atoms with E-state index in [-0.39, 0.29) is 5.91 Å². The second-order valence-electron chi connectivity index (χ2n) is 3.52. The number of carbonyl (C=O) groups is 1. The second kappa shape index (κ2) is 7.92. The summed E-state index contributed by atoms with van der Waals surface area (Å²) >= 11 is 5.92. The van der Waals surface area contributed by atoms with Crippen LogP contribution in [0.15, 0.2) is 24.3 Å². The fourth-order valence-electron chi connectivity index (χ4n) is 1.28. The SMILES string of the molecule is NCCNC(=O)CCCOc1ccccc1Cl. The van der Waals surface area contributed by atoms with Crippen molar-refractivity contribution in [3.63, 3.8) is 0 Å². The first-order chi connectivity index (χ1) is 8.24. The molecule has 3 N–H and O–H groups in total. The normalized spacial score (nSPS) is 10.0. The summed E-state index contributed by atoms with van der Waals surface area (Å²) in [5.41, 5.74) is 5.27. The number of nitrogens with one attached hydrogen (secondary N) is 1. The predicted molar refractivity (Wildman–Crippen MR) is 68.2 cm³/mol. The maximum atomic E-state index is 11.2. The highest BCUT2D eigenvalue weighted by Gasteiger charge is 2.02. The number of hydrogen-bond acceptors (Lipinski definition) is 3. The van der Waals surface area contributed by atoms with E-state index in [2.05, 4.69) is 5.32 Å². The Bertz CT molecular complexity index is 358. The van der Waals surface area contributed by atoms with Crippen LogP contribution < -0.4 is 15.8 Å². The molecule has 0 unspecified atom stereocenters. The monoisotopic (exact) mass is 256 g/mol. The van der Waals surface area contributed by atoms with Crippen LogP contribution >= 0.6 is 11.6 Å². The topological polar surface area (TPSA) is 64.3 Å². The summed E-state index contributed by atoms with van der Waals surface area (Å²) in [7, 11) is 0. The number of benzene rings is 1. The van der Waals surface area contributed by atoms with Crippen molar-refractivity contribution in [2.75, 3.05) is 19.7 Å². The molecule has 0 atom stereocenters. The lowest BCUT2D eigenvalue weighted by molar-refractivity contribution is -0.121. The molecule has 0 fully saturated rings. The lowest BCUT2D eigenvalue weighted by Crippen LogP contribution is -2.29. The molecule has 1 aromatic rings. The number of carbonyl (C=O) groups excluding carboxylic acids is 1. The zero-order valence-electron chi connectivity index (χ0n) is 9.62. The summed E-state index contributed by atoms with van der Waals surface area (Å²) in [5, 5.41) is 3.28. The molecular formula is C12H17ClN2O2. The lowest BCUT2D eigenvalue weighted by Gasteiger charge is -2.07. The Morgan fingerprint density at radius 1 is 1.41 bits per heavy atom. The molecule has 0 aliphatic rings. The van der Waals surface area contributed by atoms with E-state index < -0.39 is 0 Å². The summed E-state index contributed by atoms with van der Waals surface area (Å²) in [6.45, 7) is 1.45. The molecule has 0 spiro atoms. The van der Waals surface area contributed by atoms with Crippen LogP contribution in [0.5, 0.6) is 5.75 Å². The lowest BCUT2D eigenvalue weighted by atomic mass is 10.3. The Balaban J connectivity index is 2.16. The van der Waals surface area contributed by atoms with Crippen molar-refractivity contribution in [1.82, 2.24) is 5.32 Å². The highest BCUT2D eigenvalue weighted by molar-refractivity contribution is 6.32. The Morgan fingerprint density at radius 2 is 2.18 bits per heavy atom. The third kappa shape index (κ3) is 5.56. The van der Waals surface area contributed by atoms with Gasteiger partial charge in [0.05, 0.1) is 11.6 Å². The van der Waals surface area contributed by atoms with Gasteiger partial charge in [-0.15, -0.1) is 0 Å². The number of halogens is 1. The molecule has 1 rings (SSSR count). The first-order valence-electron chi connectivity index (χ1n) is 5.58. The van der Waals surface area contributed by atoms with Gasteiger partial charge < -0.3 is 15.8 Å². The van der Waals surface area contributed by atoms with Gasteiger partial charge in [-0.25, -0.2) is 0 Å². The molecule has 5 heteroatoms. The van der Waals surface area contributed by atoms with Gasteiger partial charge in [0, 0.05) is 19.5 Å². The average Bonchev–Trinajstić information content (AvgIpc) is 2.34. The van der Waals surface area contributed by atoms with Crippen LogP contribution in [-0.4, -0.2) is 25.6 Å². The van der Waals surface area contributed by atoms with Gasteiger partial charge >= 0.3 is 0 Å². The highest BCUT2D eigenvalue weighted by Crippen LogP contribution is 2.23. The Kier molecular flexibility index (Phi) is 6.43. The summed E-state index contributed by atoms with van der Waals surface area (Å²) in [4.78, 5) is 11.2. The first-order valence-corrected chi connectivity index (χ1v) is 5.96. The van der Waals surface area contributed by atoms with Crippen LogP contribution in [0, 0.1) is 0 Å². The van der Waals surface area contributed by atoms with E-state index in [1.807, 2.05) is 12.1 Å². The molecule has 0 radical (unpaired) electrons. The van der Waals surface area contributed by atoms with Crippen LogP contribution in [0.3, 0.4) is 0 Å². The van der Waals surface area contributed by atoms with Crippen molar-refractivity contribution in [2.45, 2.75) is 12.8 Å². The van der Waals surface area contributed by atoms with Gasteiger partial charge in [-0.05, 0) is 18.6 Å². The minimum Gasteiger partial charge on any atom is -0.492 e. The standard InChI is InChI=1S/C12H17ClN2O2/c13-10-4-1-2-5-11(10)17-9-3-6-12(16)15-8-7-14/h1-2,4-5H,3,6-9,14H2,(H,15,16). The Morgan fingerprint density at radius 3 is 2.88 bits per heavy atom. The van der Waals surface area contributed by atoms with Crippen LogP contribution in [0.2, 0.25) is 5.02 Å². The number of rotatable bonds is 7. The van der Waals surface area contributed by atoms with Crippen LogP contribution in [-0.2, 0) is 4.79 Å². The summed E-state index contributed by atoms with van der Waals surface area (Å²) in [6, 6.07) is 7.27. The summed E-state index contributed by atoms with van der Waals surface area (Å²) in [5.74, 6) is 0.648. The van der Waals surface area contributed by atoms with Crippen LogP contribution in [0.25, 0.3) is 0 Å². The van der Waals surface area contributed by atoms with Crippen LogP contribution in [0.4, 0.5) is 0 Å². The van der Waals surface area contributed by atoms with Gasteiger partial charge in [0.2, 0.25) is 5.91 Å². The van der Waals surface area contributed by atoms with Gasteiger partial charge in [0.25, 0.3) is 0 Å². The molecule has 0 bridgehead atoms. The molecule has 0 aliphatic carbocycles. The fraction of sp³-hybridized carbons (Fsp3) is 0.417. The molecule has 0 heterocycles. The van der Waals surface area contributed by atoms with Crippen molar-refractivity contribution in [1.29, 1.82) is 0 Å². The molecule has 1 amide bonds. The van der Waals surface area contributed by atoms with E-state index in [1.54, 1.807) is 12.1 Å². The van der Waals surface area contributed by atoms with E-state index in [9.17, 15) is 4.79 Å². The van der Waals surface area contributed by atoms with Gasteiger partial charge in [-0.1, -0.05) is 23.7 Å². The number of nitrogens with two attached hydrogens (primary N) is 1. The van der Waals surface area contributed by atoms with E-state index in [0.29, 0.717) is 43.3 Å². The number of ether oxygens (including phenoxy) is 1. The number of amides is 1. The zero-order chi connectivity index (χ0) is 12.5. The molecule has 0 saturated carbocycles. The van der Waals surface area contributed by atoms with Crippen molar-refractivity contribution >= 4 is 17.5 Å². The molecule has 4 nitrogen and oxygen atoms in total. The third-order valence-electron chi connectivity index (χ3n) is 2.11. The van der Waals surface area contributed by atoms with Crippen molar-refractivity contribution in [3.05, 3.63) is 29.3 Å². The predicted octanol–water partition coefficient (Wildman–Crippen LogP) is 1.57. The van der Waals surface area contributed by atoms with Crippen molar-refractivity contribution in [3.8, 4) is 5.75 Å². The van der Waals surface area contributed by atoms with Gasteiger partial charge in [0.15, 0.2) is 0 Å². The molecule has 0 saturated heterocycles. The van der Waals surface area contributed by atoms with Crippen molar-refractivity contribution in [2.24, 2.45) is 5.73 Å². The Hall–Kier alpha value is -1.26. The third-order valence-corrected chi connectivity index (χ3v) is 2.42. The van der Waals surface area contributed by atoms with E-state index in [4.69, 9.17) is 22.1 Å². The van der Waals surface area contributed by atoms with Crippen LogP contribution in [0.1, 0.15) is 12.8 Å².